The molecule has 2 saturated heterocycles. The van der Waals surface area contributed by atoms with E-state index in [4.69, 9.17) is 9.47 Å². The normalized spacial score (nSPS) is 21.0. The summed E-state index contributed by atoms with van der Waals surface area (Å²) in [5, 5.41) is 0. The van der Waals surface area contributed by atoms with Crippen molar-refractivity contribution >= 4 is 27.3 Å². The Morgan fingerprint density at radius 3 is 2.47 bits per heavy atom. The van der Waals surface area contributed by atoms with Gasteiger partial charge in [-0.25, -0.2) is 8.42 Å². The molecule has 0 N–H and O–H groups in total. The maximum atomic E-state index is 14.2. The number of amides is 1. The fraction of sp³-hybridized carbons (Fsp3) is 0.424. The van der Waals surface area contributed by atoms with Crippen molar-refractivity contribution < 1.29 is 22.7 Å². The van der Waals surface area contributed by atoms with Gasteiger partial charge in [0.2, 0.25) is 15.9 Å². The van der Waals surface area contributed by atoms with Crippen molar-refractivity contribution in [1.29, 1.82) is 0 Å². The largest absolute Gasteiger partial charge is 0.497 e. The molecule has 43 heavy (non-hydrogen) atoms. The average Bonchev–Trinajstić information content (AvgIpc) is 3.48. The Hall–Kier alpha value is -3.76. The number of hydrogen-bond acceptors (Lipinski definition) is 7. The number of piperazine rings is 1. The molecule has 9 nitrogen and oxygen atoms in total. The van der Waals surface area contributed by atoms with E-state index in [1.807, 2.05) is 30.1 Å². The number of ether oxygens (including phenoxy) is 2. The number of carbonyl (C=O) groups excluding carboxylic acids is 1. The summed E-state index contributed by atoms with van der Waals surface area (Å²) in [5.74, 6) is 0.443. The van der Waals surface area contributed by atoms with Crippen LogP contribution in [0.15, 0.2) is 65.6 Å². The van der Waals surface area contributed by atoms with E-state index in [1.54, 1.807) is 18.2 Å². The Bertz CT molecular complexity index is 1620. The minimum Gasteiger partial charge on any atom is -0.497 e. The van der Waals surface area contributed by atoms with Crippen LogP contribution in [0.25, 0.3) is 0 Å². The van der Waals surface area contributed by atoms with Crippen molar-refractivity contribution in [1.82, 2.24) is 9.21 Å². The van der Waals surface area contributed by atoms with Crippen LogP contribution in [0.5, 0.6) is 11.5 Å². The molecule has 2 atom stereocenters. The van der Waals surface area contributed by atoms with Crippen LogP contribution >= 0.6 is 0 Å². The number of anilines is 2. The third kappa shape index (κ3) is 5.65. The van der Waals surface area contributed by atoms with Crippen LogP contribution in [0, 0.1) is 19.8 Å². The fourth-order valence-electron chi connectivity index (χ4n) is 6.53. The van der Waals surface area contributed by atoms with E-state index in [1.165, 1.54) is 34.3 Å². The molecule has 3 aliphatic rings. The number of aryl methyl sites for hydroxylation is 2. The number of sulfonamides is 1. The summed E-state index contributed by atoms with van der Waals surface area (Å²) in [6.45, 7) is 8.59. The maximum Gasteiger partial charge on any atom is 0.243 e. The van der Waals surface area contributed by atoms with E-state index in [9.17, 15) is 13.2 Å². The number of nitrogens with zero attached hydrogens (tertiary/aromatic N) is 4. The van der Waals surface area contributed by atoms with Crippen LogP contribution in [-0.2, 0) is 14.8 Å². The molecular formula is C33H40N4O5S. The summed E-state index contributed by atoms with van der Waals surface area (Å²) in [6.07, 6.45) is 0. The van der Waals surface area contributed by atoms with Gasteiger partial charge in [-0.15, -0.1) is 0 Å². The second kappa shape index (κ2) is 11.7. The standard InChI is InChI=1S/C33H40N4O5S/c1-23-8-9-24(2)31(18-23)35-12-14-36(15-13-35)33(38)29-22-37(43(39,40)27-7-5-6-26(20-27)41-4)21-28(29)25-10-11-30-32(19-25)42-17-16-34(30)3/h5-11,18-20,28-29H,12-17,21-22H2,1-4H3/t28-,29?/m0/s1. The van der Waals surface area contributed by atoms with Crippen molar-refractivity contribution in [2.75, 3.05) is 76.4 Å². The molecule has 10 heteroatoms. The maximum absolute atomic E-state index is 14.2. The lowest BCUT2D eigenvalue weighted by molar-refractivity contribution is -0.135. The zero-order chi connectivity index (χ0) is 30.3. The van der Waals surface area contributed by atoms with Crippen molar-refractivity contribution in [2.45, 2.75) is 24.7 Å². The van der Waals surface area contributed by atoms with Crippen molar-refractivity contribution in [3.8, 4) is 11.5 Å². The number of rotatable bonds is 6. The van der Waals surface area contributed by atoms with E-state index >= 15 is 0 Å². The monoisotopic (exact) mass is 604 g/mol. The molecule has 1 amide bonds. The Morgan fingerprint density at radius 2 is 1.70 bits per heavy atom. The summed E-state index contributed by atoms with van der Waals surface area (Å²) in [6, 6.07) is 19.0. The van der Waals surface area contributed by atoms with Crippen LogP contribution in [0.3, 0.4) is 0 Å². The topological polar surface area (TPSA) is 82.6 Å². The average molecular weight is 605 g/mol. The smallest absolute Gasteiger partial charge is 0.243 e. The highest BCUT2D eigenvalue weighted by Gasteiger charge is 2.45. The summed E-state index contributed by atoms with van der Waals surface area (Å²) >= 11 is 0. The quantitative estimate of drug-likeness (QED) is 0.422. The first kappa shape index (κ1) is 29.3. The van der Waals surface area contributed by atoms with Crippen LogP contribution in [-0.4, -0.2) is 90.1 Å². The van der Waals surface area contributed by atoms with Crippen LogP contribution in [0.4, 0.5) is 11.4 Å². The first-order chi connectivity index (χ1) is 20.7. The first-order valence-corrected chi connectivity index (χ1v) is 16.3. The fourth-order valence-corrected chi connectivity index (χ4v) is 8.06. The van der Waals surface area contributed by atoms with E-state index in [0.29, 0.717) is 25.4 Å². The lowest BCUT2D eigenvalue weighted by Gasteiger charge is -2.38. The third-order valence-corrected chi connectivity index (χ3v) is 10.9. The van der Waals surface area contributed by atoms with E-state index in [0.717, 1.165) is 36.6 Å². The predicted molar refractivity (Wildman–Crippen MR) is 168 cm³/mol. The minimum absolute atomic E-state index is 0.00436. The second-order valence-electron chi connectivity index (χ2n) is 11.8. The summed E-state index contributed by atoms with van der Waals surface area (Å²) in [4.78, 5) is 20.8. The highest BCUT2D eigenvalue weighted by molar-refractivity contribution is 7.89. The van der Waals surface area contributed by atoms with Gasteiger partial charge in [0.05, 0.1) is 30.2 Å². The molecule has 6 rings (SSSR count). The van der Waals surface area contributed by atoms with Gasteiger partial charge in [-0.2, -0.15) is 4.31 Å². The Morgan fingerprint density at radius 1 is 0.907 bits per heavy atom. The van der Waals surface area contributed by atoms with Crippen molar-refractivity contribution in [2.24, 2.45) is 5.92 Å². The molecule has 0 spiro atoms. The molecule has 3 aromatic rings. The van der Waals surface area contributed by atoms with Gasteiger partial charge in [-0.05, 0) is 60.9 Å². The number of hydrogen-bond donors (Lipinski definition) is 0. The van der Waals surface area contributed by atoms with Gasteiger partial charge in [-0.1, -0.05) is 24.3 Å². The SMILES string of the molecule is COc1cccc(S(=O)(=O)N2CC(C(=O)N3CCN(c4cc(C)ccc4C)CC3)[C@H](c3ccc4c(c3)OCCN4C)C2)c1. The highest BCUT2D eigenvalue weighted by Crippen LogP contribution is 2.41. The molecule has 0 aliphatic carbocycles. The first-order valence-electron chi connectivity index (χ1n) is 14.9. The molecule has 3 heterocycles. The highest BCUT2D eigenvalue weighted by atomic mass is 32.2. The third-order valence-electron chi connectivity index (χ3n) is 9.09. The molecule has 228 valence electrons. The van der Waals surface area contributed by atoms with Crippen LogP contribution < -0.4 is 19.3 Å². The lowest BCUT2D eigenvalue weighted by Crippen LogP contribution is -2.51. The van der Waals surface area contributed by atoms with Gasteiger partial charge < -0.3 is 24.2 Å². The predicted octanol–water partition coefficient (Wildman–Crippen LogP) is 3.89. The molecule has 0 aromatic heterocycles. The zero-order valence-electron chi connectivity index (χ0n) is 25.3. The Balaban J connectivity index is 1.27. The van der Waals surface area contributed by atoms with Crippen LogP contribution in [0.2, 0.25) is 0 Å². The lowest BCUT2D eigenvalue weighted by atomic mass is 9.87. The molecule has 0 saturated carbocycles. The van der Waals surface area contributed by atoms with Crippen molar-refractivity contribution in [3.05, 3.63) is 77.4 Å². The van der Waals surface area contributed by atoms with Gasteiger partial charge in [0.1, 0.15) is 18.1 Å². The molecule has 3 aliphatic heterocycles. The molecule has 2 fully saturated rings. The van der Waals surface area contributed by atoms with Crippen molar-refractivity contribution in [3.63, 3.8) is 0 Å². The summed E-state index contributed by atoms with van der Waals surface area (Å²) in [5.41, 5.74) is 5.56. The van der Waals surface area contributed by atoms with Crippen LogP contribution in [0.1, 0.15) is 22.6 Å². The molecular weight excluding hydrogens is 564 g/mol. The van der Waals surface area contributed by atoms with Gasteiger partial charge >= 0.3 is 0 Å². The van der Waals surface area contributed by atoms with Gasteiger partial charge in [-0.3, -0.25) is 4.79 Å². The number of fused-ring (bicyclic) bond motifs is 1. The zero-order valence-corrected chi connectivity index (χ0v) is 26.1. The minimum atomic E-state index is -3.85. The molecule has 0 bridgehead atoms. The van der Waals surface area contributed by atoms with E-state index < -0.39 is 15.9 Å². The number of methoxy groups -OCH3 is 1. The summed E-state index contributed by atoms with van der Waals surface area (Å²) < 4.78 is 40.5. The molecule has 0 radical (unpaired) electrons. The van der Waals surface area contributed by atoms with E-state index in [2.05, 4.69) is 41.8 Å². The number of carbonyl (C=O) groups is 1. The molecule has 3 aromatic carbocycles. The van der Waals surface area contributed by atoms with Gasteiger partial charge in [0.15, 0.2) is 0 Å². The Kier molecular flexibility index (Phi) is 8.00. The van der Waals surface area contributed by atoms with Gasteiger partial charge in [0.25, 0.3) is 0 Å². The summed E-state index contributed by atoms with van der Waals surface area (Å²) in [7, 11) is -0.307. The number of likely N-dealkylation sites (N-methyl/N-ethyl adjacent to an activating group) is 1. The Labute approximate surface area is 254 Å². The van der Waals surface area contributed by atoms with E-state index in [-0.39, 0.29) is 29.8 Å². The molecule has 1 unspecified atom stereocenters. The second-order valence-corrected chi connectivity index (χ2v) is 13.8. The van der Waals surface area contributed by atoms with Gasteiger partial charge in [0, 0.05) is 64.0 Å². The number of benzene rings is 3.